The number of hydrogen-bond acceptors (Lipinski definition) is 5. The van der Waals surface area contributed by atoms with Crippen molar-refractivity contribution >= 4 is 11.9 Å². The number of aliphatic hydroxyl groups excluding tert-OH is 2. The minimum absolute atomic E-state index is 0.00165. The average molecular weight is 1040 g/mol. The number of esters is 1. The zero-order valence-corrected chi connectivity index (χ0v) is 49.8. The number of ether oxygens (including phenoxy) is 1. The Kier molecular flexibility index (Phi) is 62.0. The van der Waals surface area contributed by atoms with Gasteiger partial charge in [-0.3, -0.25) is 9.59 Å². The number of amides is 1. The highest BCUT2D eigenvalue weighted by molar-refractivity contribution is 5.76. The van der Waals surface area contributed by atoms with Gasteiger partial charge in [0.05, 0.1) is 25.4 Å². The molecule has 0 aliphatic rings. The maximum Gasteiger partial charge on any atom is 0.305 e. The molecule has 6 heteroatoms. The van der Waals surface area contributed by atoms with Crippen LogP contribution in [0.5, 0.6) is 0 Å². The molecule has 0 heterocycles. The summed E-state index contributed by atoms with van der Waals surface area (Å²) in [6, 6.07) is -0.545. The van der Waals surface area contributed by atoms with Crippen molar-refractivity contribution in [1.82, 2.24) is 5.32 Å². The summed E-state index contributed by atoms with van der Waals surface area (Å²) in [4.78, 5) is 24.6. The average Bonchev–Trinajstić information content (AvgIpc) is 3.40. The number of rotatable bonds is 62. The number of aliphatic hydroxyl groups is 2. The molecular formula is C68H129NO5. The van der Waals surface area contributed by atoms with Crippen molar-refractivity contribution in [3.8, 4) is 0 Å². The first-order valence-electron chi connectivity index (χ1n) is 33.2. The third-order valence-electron chi connectivity index (χ3n) is 15.4. The van der Waals surface area contributed by atoms with Gasteiger partial charge in [-0.25, -0.2) is 0 Å². The first-order chi connectivity index (χ1) is 36.5. The SMILES string of the molecule is CCC/C=C\C/C=C\CCCCCCCC(=O)OCCCCCCCCCCCCCC/C=C\CCCCCCCCCCCC(=O)NC(CO)C(O)CCCCCCCCCCCCCCCCCCCCC. The van der Waals surface area contributed by atoms with E-state index in [-0.39, 0.29) is 18.5 Å². The first kappa shape index (κ1) is 72.1. The van der Waals surface area contributed by atoms with E-state index < -0.39 is 12.1 Å². The monoisotopic (exact) mass is 1040 g/mol. The number of nitrogens with one attached hydrogen (secondary N) is 1. The van der Waals surface area contributed by atoms with E-state index in [9.17, 15) is 19.8 Å². The predicted molar refractivity (Wildman–Crippen MR) is 324 cm³/mol. The standard InChI is InChI=1S/C68H129NO5/c1-3-5-7-9-11-13-15-17-18-19-27-30-33-37-40-44-48-52-56-60-66(71)65(64-70)69-67(72)61-57-53-49-45-41-38-34-31-28-25-23-21-20-22-24-26-29-32-35-39-43-47-51-55-59-63-74-68(73)62-58-54-50-46-42-36-16-14-12-10-8-6-4-2/h8,10,14,16,21,23,65-66,70-71H,3-7,9,11-13,15,17-20,22,24-64H2,1-2H3,(H,69,72)/b10-8-,16-14-,23-21-. The van der Waals surface area contributed by atoms with Gasteiger partial charge in [-0.2, -0.15) is 0 Å². The summed E-state index contributed by atoms with van der Waals surface area (Å²) in [6.07, 6.45) is 80.3. The minimum Gasteiger partial charge on any atom is -0.466 e. The molecule has 0 saturated carbocycles. The van der Waals surface area contributed by atoms with E-state index in [1.54, 1.807) is 0 Å². The molecular weight excluding hydrogens is 911 g/mol. The molecule has 0 saturated heterocycles. The van der Waals surface area contributed by atoms with Crippen molar-refractivity contribution in [3.63, 3.8) is 0 Å². The molecule has 2 atom stereocenters. The Bertz CT molecular complexity index is 1200. The zero-order chi connectivity index (χ0) is 53.6. The third-order valence-corrected chi connectivity index (χ3v) is 15.4. The first-order valence-corrected chi connectivity index (χ1v) is 33.2. The lowest BCUT2D eigenvalue weighted by atomic mass is 10.0. The molecule has 0 spiro atoms. The molecule has 6 nitrogen and oxygen atoms in total. The Hall–Kier alpha value is -1.92. The van der Waals surface area contributed by atoms with Crippen LogP contribution in [-0.2, 0) is 14.3 Å². The smallest absolute Gasteiger partial charge is 0.305 e. The van der Waals surface area contributed by atoms with Crippen LogP contribution in [0.15, 0.2) is 36.5 Å². The van der Waals surface area contributed by atoms with Crippen LogP contribution in [0, 0.1) is 0 Å². The highest BCUT2D eigenvalue weighted by Gasteiger charge is 2.20. The third kappa shape index (κ3) is 59.3. The molecule has 1 amide bonds. The van der Waals surface area contributed by atoms with Gasteiger partial charge in [0, 0.05) is 12.8 Å². The quantitative estimate of drug-likeness (QED) is 0.0320. The van der Waals surface area contributed by atoms with Crippen LogP contribution < -0.4 is 5.32 Å². The minimum atomic E-state index is -0.667. The second-order valence-electron chi connectivity index (χ2n) is 22.8. The van der Waals surface area contributed by atoms with Gasteiger partial charge < -0.3 is 20.3 Å². The van der Waals surface area contributed by atoms with Gasteiger partial charge >= 0.3 is 5.97 Å². The molecule has 0 aromatic carbocycles. The lowest BCUT2D eigenvalue weighted by Gasteiger charge is -2.22. The molecule has 436 valence electrons. The summed E-state index contributed by atoms with van der Waals surface area (Å²) in [6.45, 7) is 4.91. The molecule has 0 aromatic heterocycles. The van der Waals surface area contributed by atoms with Crippen molar-refractivity contribution in [2.75, 3.05) is 13.2 Å². The van der Waals surface area contributed by atoms with E-state index in [1.807, 2.05) is 0 Å². The van der Waals surface area contributed by atoms with Gasteiger partial charge in [0.1, 0.15) is 0 Å². The molecule has 0 aromatic rings. The summed E-state index contributed by atoms with van der Waals surface area (Å²) < 4.78 is 5.47. The van der Waals surface area contributed by atoms with Gasteiger partial charge in [-0.05, 0) is 77.0 Å². The number of unbranched alkanes of at least 4 members (excludes halogenated alkanes) is 45. The number of carbonyl (C=O) groups excluding carboxylic acids is 2. The second kappa shape index (κ2) is 63.6. The van der Waals surface area contributed by atoms with Gasteiger partial charge in [0.15, 0.2) is 0 Å². The maximum atomic E-state index is 12.5. The zero-order valence-electron chi connectivity index (χ0n) is 49.8. The van der Waals surface area contributed by atoms with Crippen molar-refractivity contribution in [3.05, 3.63) is 36.5 Å². The van der Waals surface area contributed by atoms with Crippen LogP contribution in [-0.4, -0.2) is 47.4 Å². The maximum absolute atomic E-state index is 12.5. The van der Waals surface area contributed by atoms with E-state index >= 15 is 0 Å². The van der Waals surface area contributed by atoms with Crippen LogP contribution in [0.3, 0.4) is 0 Å². The summed E-state index contributed by atoms with van der Waals surface area (Å²) in [5, 5.41) is 23.4. The van der Waals surface area contributed by atoms with Gasteiger partial charge in [-0.1, -0.05) is 307 Å². The van der Waals surface area contributed by atoms with Gasteiger partial charge in [0.25, 0.3) is 0 Å². The Morgan fingerprint density at radius 1 is 0.378 bits per heavy atom. The number of hydrogen-bond donors (Lipinski definition) is 3. The van der Waals surface area contributed by atoms with Crippen LogP contribution in [0.4, 0.5) is 0 Å². The Balaban J connectivity index is 3.41. The largest absolute Gasteiger partial charge is 0.466 e. The Morgan fingerprint density at radius 3 is 1.09 bits per heavy atom. The van der Waals surface area contributed by atoms with Crippen molar-refractivity contribution in [2.45, 2.75) is 373 Å². The highest BCUT2D eigenvalue weighted by atomic mass is 16.5. The molecule has 0 rings (SSSR count). The van der Waals surface area contributed by atoms with Crippen LogP contribution in [0.1, 0.15) is 361 Å². The molecule has 0 aliphatic heterocycles. The van der Waals surface area contributed by atoms with Crippen LogP contribution in [0.2, 0.25) is 0 Å². The van der Waals surface area contributed by atoms with E-state index in [0.29, 0.717) is 25.9 Å². The fourth-order valence-corrected chi connectivity index (χ4v) is 10.3. The fourth-order valence-electron chi connectivity index (χ4n) is 10.3. The molecule has 0 radical (unpaired) electrons. The molecule has 74 heavy (non-hydrogen) atoms. The topological polar surface area (TPSA) is 95.9 Å². The Labute approximate surface area is 462 Å². The molecule has 0 aliphatic carbocycles. The molecule has 2 unspecified atom stereocenters. The van der Waals surface area contributed by atoms with Crippen LogP contribution in [0.25, 0.3) is 0 Å². The van der Waals surface area contributed by atoms with Gasteiger partial charge in [0.2, 0.25) is 5.91 Å². The van der Waals surface area contributed by atoms with E-state index in [0.717, 1.165) is 51.4 Å². The summed E-state index contributed by atoms with van der Waals surface area (Å²) in [7, 11) is 0. The van der Waals surface area contributed by atoms with E-state index in [2.05, 4.69) is 55.6 Å². The normalized spacial score (nSPS) is 12.8. The predicted octanol–water partition coefficient (Wildman–Crippen LogP) is 21.1. The molecule has 3 N–H and O–H groups in total. The molecule has 0 fully saturated rings. The van der Waals surface area contributed by atoms with Gasteiger partial charge in [-0.15, -0.1) is 0 Å². The summed E-state index contributed by atoms with van der Waals surface area (Å²) in [5.41, 5.74) is 0. The van der Waals surface area contributed by atoms with Crippen molar-refractivity contribution < 1.29 is 24.5 Å². The summed E-state index contributed by atoms with van der Waals surface area (Å²) in [5.74, 6) is -0.0368. The van der Waals surface area contributed by atoms with Crippen molar-refractivity contribution in [2.24, 2.45) is 0 Å². The van der Waals surface area contributed by atoms with Crippen molar-refractivity contribution in [1.29, 1.82) is 0 Å². The highest BCUT2D eigenvalue weighted by Crippen LogP contribution is 2.18. The van der Waals surface area contributed by atoms with Crippen LogP contribution >= 0.6 is 0 Å². The van der Waals surface area contributed by atoms with E-state index in [4.69, 9.17) is 4.74 Å². The second-order valence-corrected chi connectivity index (χ2v) is 22.8. The fraction of sp³-hybridized carbons (Fsp3) is 0.882. The lowest BCUT2D eigenvalue weighted by Crippen LogP contribution is -2.45. The number of carbonyl (C=O) groups is 2. The van der Waals surface area contributed by atoms with E-state index in [1.165, 1.54) is 276 Å². The summed E-state index contributed by atoms with van der Waals surface area (Å²) >= 11 is 0. The molecule has 0 bridgehead atoms. The lowest BCUT2D eigenvalue weighted by molar-refractivity contribution is -0.143. The number of allylic oxidation sites excluding steroid dienone is 6. The Morgan fingerprint density at radius 2 is 0.703 bits per heavy atom.